The van der Waals surface area contributed by atoms with Gasteiger partial charge in [-0.25, -0.2) is 4.79 Å². The first-order chi connectivity index (χ1) is 8.04. The maximum atomic E-state index is 11.7. The lowest BCUT2D eigenvalue weighted by Crippen LogP contribution is -2.60. The van der Waals surface area contributed by atoms with Crippen molar-refractivity contribution < 1.29 is 24.2 Å². The van der Waals surface area contributed by atoms with Gasteiger partial charge in [0, 0.05) is 13.7 Å². The van der Waals surface area contributed by atoms with Crippen LogP contribution in [0.5, 0.6) is 0 Å². The van der Waals surface area contributed by atoms with E-state index < -0.39 is 24.0 Å². The zero-order valence-corrected chi connectivity index (χ0v) is 9.36. The van der Waals surface area contributed by atoms with Crippen LogP contribution in [0.2, 0.25) is 0 Å². The largest absolute Gasteiger partial charge is 0.480 e. The van der Waals surface area contributed by atoms with Crippen molar-refractivity contribution in [3.8, 4) is 0 Å². The first-order valence-electron chi connectivity index (χ1n) is 5.06. The van der Waals surface area contributed by atoms with Gasteiger partial charge in [-0.1, -0.05) is 0 Å². The van der Waals surface area contributed by atoms with Gasteiger partial charge in [0.2, 0.25) is 11.8 Å². The molecular weight excluding hydrogens is 230 g/mol. The number of carbonyl (C=O) groups excluding carboxylic acids is 2. The Balaban J connectivity index is 2.46. The summed E-state index contributed by atoms with van der Waals surface area (Å²) < 4.78 is 4.68. The Hall–Kier alpha value is -1.67. The van der Waals surface area contributed by atoms with Gasteiger partial charge in [0.15, 0.2) is 6.04 Å². The molecule has 0 aromatic rings. The molecule has 0 bridgehead atoms. The van der Waals surface area contributed by atoms with E-state index in [0.29, 0.717) is 0 Å². The fourth-order valence-electron chi connectivity index (χ4n) is 1.37. The van der Waals surface area contributed by atoms with Gasteiger partial charge in [-0.15, -0.1) is 0 Å². The topological polar surface area (TPSA) is 117 Å². The normalized spacial score (nSPS) is 21.5. The summed E-state index contributed by atoms with van der Waals surface area (Å²) >= 11 is 0. The van der Waals surface area contributed by atoms with Gasteiger partial charge in [-0.05, 0) is 0 Å². The molecule has 2 atom stereocenters. The van der Waals surface area contributed by atoms with Crippen LogP contribution in [0.15, 0.2) is 0 Å². The van der Waals surface area contributed by atoms with Crippen LogP contribution in [0.4, 0.5) is 0 Å². The Morgan fingerprint density at radius 1 is 1.65 bits per heavy atom. The lowest BCUT2D eigenvalue weighted by molar-refractivity contribution is -0.143. The van der Waals surface area contributed by atoms with E-state index in [1.54, 1.807) is 0 Å². The number of nitrogens with one attached hydrogen (secondary N) is 3. The van der Waals surface area contributed by atoms with Crippen LogP contribution in [0, 0.1) is 0 Å². The van der Waals surface area contributed by atoms with E-state index in [-0.39, 0.29) is 25.6 Å². The lowest BCUT2D eigenvalue weighted by Gasteiger charge is -2.24. The molecule has 2 unspecified atom stereocenters. The van der Waals surface area contributed by atoms with Gasteiger partial charge >= 0.3 is 5.97 Å². The smallest absolute Gasteiger partial charge is 0.328 e. The highest BCUT2D eigenvalue weighted by atomic mass is 16.5. The van der Waals surface area contributed by atoms with Crippen LogP contribution in [0.3, 0.4) is 0 Å². The standard InChI is InChI=1S/C9H15N3O5/c1-17-4-6(9(15)16)12-8(14)5-2-11-7(13)3-10-5/h5-6,10H,2-4H2,1H3,(H,11,13)(H,12,14)(H,15,16). The second kappa shape index (κ2) is 6.16. The SMILES string of the molecule is COCC(NC(=O)C1CNC(=O)CN1)C(=O)O. The van der Waals surface area contributed by atoms with Crippen LogP contribution in [0.25, 0.3) is 0 Å². The minimum Gasteiger partial charge on any atom is -0.480 e. The Labute approximate surface area is 97.7 Å². The molecule has 1 rings (SSSR count). The van der Waals surface area contributed by atoms with E-state index in [1.165, 1.54) is 7.11 Å². The molecule has 1 aliphatic rings. The van der Waals surface area contributed by atoms with E-state index in [9.17, 15) is 14.4 Å². The van der Waals surface area contributed by atoms with Gasteiger partial charge in [-0.2, -0.15) is 0 Å². The minimum absolute atomic E-state index is 0.0418. The first kappa shape index (κ1) is 13.4. The Morgan fingerprint density at radius 3 is 2.82 bits per heavy atom. The number of aliphatic carboxylic acids is 1. The molecule has 8 nitrogen and oxygen atoms in total. The molecule has 17 heavy (non-hydrogen) atoms. The quantitative estimate of drug-likeness (QED) is 0.418. The molecule has 96 valence electrons. The predicted molar refractivity (Wildman–Crippen MR) is 56.2 cm³/mol. The first-order valence-corrected chi connectivity index (χ1v) is 5.06. The Morgan fingerprint density at radius 2 is 2.35 bits per heavy atom. The average Bonchev–Trinajstić information content (AvgIpc) is 2.29. The molecule has 0 aromatic carbocycles. The average molecular weight is 245 g/mol. The molecule has 0 aromatic heterocycles. The highest BCUT2D eigenvalue weighted by Gasteiger charge is 2.27. The third-order valence-electron chi connectivity index (χ3n) is 2.28. The molecule has 1 aliphatic heterocycles. The number of methoxy groups -OCH3 is 1. The monoisotopic (exact) mass is 245 g/mol. The highest BCUT2D eigenvalue weighted by molar-refractivity contribution is 5.89. The summed E-state index contributed by atoms with van der Waals surface area (Å²) in [7, 11) is 1.35. The summed E-state index contributed by atoms with van der Waals surface area (Å²) in [6, 6.07) is -1.71. The molecular formula is C9H15N3O5. The van der Waals surface area contributed by atoms with Crippen LogP contribution in [-0.2, 0) is 19.1 Å². The third-order valence-corrected chi connectivity index (χ3v) is 2.28. The summed E-state index contributed by atoms with van der Waals surface area (Å²) in [6.45, 7) is 0.0737. The number of amides is 2. The van der Waals surface area contributed by atoms with E-state index in [4.69, 9.17) is 5.11 Å². The van der Waals surface area contributed by atoms with Crippen LogP contribution in [0.1, 0.15) is 0 Å². The van der Waals surface area contributed by atoms with Crippen molar-refractivity contribution in [2.75, 3.05) is 26.8 Å². The lowest BCUT2D eigenvalue weighted by atomic mass is 10.2. The number of carbonyl (C=O) groups is 3. The maximum Gasteiger partial charge on any atom is 0.328 e. The van der Waals surface area contributed by atoms with E-state index in [2.05, 4.69) is 20.7 Å². The zero-order chi connectivity index (χ0) is 12.8. The number of ether oxygens (including phenoxy) is 1. The van der Waals surface area contributed by atoms with Crippen molar-refractivity contribution in [2.45, 2.75) is 12.1 Å². The number of carboxylic acids is 1. The van der Waals surface area contributed by atoms with Gasteiger partial charge < -0.3 is 20.5 Å². The third kappa shape index (κ3) is 4.00. The highest BCUT2D eigenvalue weighted by Crippen LogP contribution is 1.92. The zero-order valence-electron chi connectivity index (χ0n) is 9.36. The maximum absolute atomic E-state index is 11.7. The van der Waals surface area contributed by atoms with Crippen LogP contribution >= 0.6 is 0 Å². The minimum atomic E-state index is -1.17. The fraction of sp³-hybridized carbons (Fsp3) is 0.667. The van der Waals surface area contributed by atoms with Crippen molar-refractivity contribution in [3.63, 3.8) is 0 Å². The van der Waals surface area contributed by atoms with Crippen LogP contribution < -0.4 is 16.0 Å². The van der Waals surface area contributed by atoms with Crippen molar-refractivity contribution >= 4 is 17.8 Å². The summed E-state index contributed by atoms with van der Waals surface area (Å²) in [5.41, 5.74) is 0. The molecule has 0 spiro atoms. The molecule has 1 fully saturated rings. The molecule has 0 saturated carbocycles. The number of hydrogen-bond donors (Lipinski definition) is 4. The molecule has 2 amide bonds. The van der Waals surface area contributed by atoms with E-state index >= 15 is 0 Å². The van der Waals surface area contributed by atoms with Crippen molar-refractivity contribution in [3.05, 3.63) is 0 Å². The number of rotatable bonds is 5. The van der Waals surface area contributed by atoms with Crippen molar-refractivity contribution in [2.24, 2.45) is 0 Å². The van der Waals surface area contributed by atoms with E-state index in [0.717, 1.165) is 0 Å². The van der Waals surface area contributed by atoms with Gasteiger partial charge in [0.1, 0.15) is 6.04 Å². The number of hydrogen-bond acceptors (Lipinski definition) is 5. The van der Waals surface area contributed by atoms with Gasteiger partial charge in [0.05, 0.1) is 13.2 Å². The second-order valence-corrected chi connectivity index (χ2v) is 3.59. The van der Waals surface area contributed by atoms with Crippen LogP contribution in [-0.4, -0.2) is 61.8 Å². The number of piperazine rings is 1. The molecule has 4 N–H and O–H groups in total. The molecule has 1 saturated heterocycles. The summed E-state index contributed by atoms with van der Waals surface area (Å²) in [5.74, 6) is -1.84. The fourth-order valence-corrected chi connectivity index (χ4v) is 1.37. The van der Waals surface area contributed by atoms with Gasteiger partial charge in [-0.3, -0.25) is 14.9 Å². The molecule has 1 heterocycles. The number of carboxylic acid groups (broad SMARTS) is 1. The Bertz CT molecular complexity index is 310. The summed E-state index contributed by atoms with van der Waals surface area (Å²) in [6.07, 6.45) is 0. The predicted octanol–water partition coefficient (Wildman–Crippen LogP) is -2.71. The van der Waals surface area contributed by atoms with Crippen molar-refractivity contribution in [1.82, 2.24) is 16.0 Å². The molecule has 0 aliphatic carbocycles. The van der Waals surface area contributed by atoms with E-state index in [1.807, 2.05) is 0 Å². The van der Waals surface area contributed by atoms with Crippen molar-refractivity contribution in [1.29, 1.82) is 0 Å². The molecule has 8 heteroatoms. The molecule has 0 radical (unpaired) electrons. The van der Waals surface area contributed by atoms with Gasteiger partial charge in [0.25, 0.3) is 0 Å². The second-order valence-electron chi connectivity index (χ2n) is 3.59. The summed E-state index contributed by atoms with van der Waals surface area (Å²) in [4.78, 5) is 33.3. The summed E-state index contributed by atoms with van der Waals surface area (Å²) in [5, 5.41) is 16.3. The Kier molecular flexibility index (Phi) is 4.85.